The lowest BCUT2D eigenvalue weighted by Gasteiger charge is -2.22. The van der Waals surface area contributed by atoms with Crippen molar-refractivity contribution in [3.8, 4) is 5.75 Å². The van der Waals surface area contributed by atoms with Crippen LogP contribution in [0.3, 0.4) is 0 Å². The van der Waals surface area contributed by atoms with Crippen LogP contribution in [0.25, 0.3) is 0 Å². The summed E-state index contributed by atoms with van der Waals surface area (Å²) in [5.41, 5.74) is 2.67. The summed E-state index contributed by atoms with van der Waals surface area (Å²) in [5, 5.41) is 23.4. The summed E-state index contributed by atoms with van der Waals surface area (Å²) in [5.74, 6) is -4.34. The normalized spacial score (nSPS) is 26.6. The predicted octanol–water partition coefficient (Wildman–Crippen LogP) is -0.449. The Morgan fingerprint density at radius 2 is 1.64 bits per heavy atom. The largest absolute Gasteiger partial charge is 0.544 e. The highest BCUT2D eigenvalue weighted by atomic mass is 16.4. The highest BCUT2D eigenvalue weighted by Gasteiger charge is 2.63. The fraction of sp³-hybridized carbons (Fsp3) is 0.286. The van der Waals surface area contributed by atoms with E-state index >= 15 is 0 Å². The third kappa shape index (κ3) is 2.66. The molecule has 2 fully saturated rings. The maximum Gasteiger partial charge on any atom is 0.244 e. The van der Waals surface area contributed by atoms with Crippen molar-refractivity contribution in [2.24, 2.45) is 11.8 Å². The zero-order chi connectivity index (χ0) is 20.2. The number of nitrogens with two attached hydrogens (primary N) is 1. The Balaban J connectivity index is 1.81. The second kappa shape index (κ2) is 6.45. The molecule has 0 radical (unpaired) electrons. The molecule has 3 N–H and O–H groups in total. The van der Waals surface area contributed by atoms with Crippen molar-refractivity contribution in [1.82, 2.24) is 0 Å². The quantitative estimate of drug-likeness (QED) is 0.700. The summed E-state index contributed by atoms with van der Waals surface area (Å²) in [7, 11) is 0. The average Bonchev–Trinajstić information content (AvgIpc) is 3.12. The Hall–Kier alpha value is -3.19. The third-order valence-corrected chi connectivity index (χ3v) is 5.62. The topological polar surface area (TPSA) is 114 Å². The van der Waals surface area contributed by atoms with E-state index in [2.05, 4.69) is 0 Å². The number of amides is 2. The van der Waals surface area contributed by atoms with E-state index in [0.29, 0.717) is 11.3 Å². The Morgan fingerprint density at radius 1 is 1.04 bits per heavy atom. The molecule has 4 rings (SSSR count). The standard InChI is InChI=1S/C21H20N2O5/c1-10-7-11(2)9-12(8-10)23-19(25)15-16(20(23)26)18(21(27)28)22-17(15)13-5-3-4-6-14(13)24/h3-9,15-18,22,24H,1-2H3,(H,27,28)/t15-,16-,17+,18+/m1/s1. The van der Waals surface area contributed by atoms with Crippen LogP contribution in [0.15, 0.2) is 42.5 Å². The predicted molar refractivity (Wildman–Crippen MR) is 97.0 cm³/mol. The van der Waals surface area contributed by atoms with Gasteiger partial charge in [0.1, 0.15) is 35.6 Å². The van der Waals surface area contributed by atoms with E-state index in [4.69, 9.17) is 0 Å². The third-order valence-electron chi connectivity index (χ3n) is 5.62. The summed E-state index contributed by atoms with van der Waals surface area (Å²) in [4.78, 5) is 39.2. The van der Waals surface area contributed by atoms with Gasteiger partial charge in [-0.05, 0) is 49.2 Å². The van der Waals surface area contributed by atoms with Gasteiger partial charge < -0.3 is 20.3 Å². The van der Waals surface area contributed by atoms with Crippen molar-refractivity contribution in [2.75, 3.05) is 4.90 Å². The molecule has 28 heavy (non-hydrogen) atoms. The van der Waals surface area contributed by atoms with Crippen LogP contribution in [0.4, 0.5) is 5.69 Å². The molecule has 0 saturated carbocycles. The first-order chi connectivity index (χ1) is 13.3. The van der Waals surface area contributed by atoms with Crippen LogP contribution < -0.4 is 15.3 Å². The van der Waals surface area contributed by atoms with E-state index < -0.39 is 41.7 Å². The van der Waals surface area contributed by atoms with Crippen LogP contribution >= 0.6 is 0 Å². The van der Waals surface area contributed by atoms with Crippen molar-refractivity contribution in [1.29, 1.82) is 0 Å². The number of carbonyl (C=O) groups excluding carboxylic acids is 3. The van der Waals surface area contributed by atoms with E-state index in [-0.39, 0.29) is 5.75 Å². The number of para-hydroxylation sites is 1. The second-order valence-corrected chi connectivity index (χ2v) is 7.53. The summed E-state index contributed by atoms with van der Waals surface area (Å²) in [6, 6.07) is 9.99. The number of phenolic OH excluding ortho intramolecular Hbond substituents is 1. The Bertz CT molecular complexity index is 982. The highest BCUT2D eigenvalue weighted by Crippen LogP contribution is 2.43. The van der Waals surface area contributed by atoms with Crippen LogP contribution in [0.2, 0.25) is 0 Å². The number of imide groups is 1. The number of benzene rings is 2. The lowest BCUT2D eigenvalue weighted by Crippen LogP contribution is -2.92. The number of aromatic hydroxyl groups is 1. The van der Waals surface area contributed by atoms with Gasteiger partial charge in [-0.1, -0.05) is 18.2 Å². The number of fused-ring (bicyclic) bond motifs is 1. The van der Waals surface area contributed by atoms with Crippen molar-refractivity contribution < 1.29 is 29.9 Å². The molecule has 2 saturated heterocycles. The van der Waals surface area contributed by atoms with Crippen molar-refractivity contribution >= 4 is 23.5 Å². The van der Waals surface area contributed by atoms with Gasteiger partial charge >= 0.3 is 0 Å². The monoisotopic (exact) mass is 380 g/mol. The van der Waals surface area contributed by atoms with Gasteiger partial charge in [0.2, 0.25) is 11.8 Å². The number of quaternary nitrogens is 1. The molecule has 0 aromatic heterocycles. The molecule has 2 amide bonds. The van der Waals surface area contributed by atoms with E-state index in [0.717, 1.165) is 16.0 Å². The van der Waals surface area contributed by atoms with Gasteiger partial charge in [-0.2, -0.15) is 0 Å². The van der Waals surface area contributed by atoms with Crippen LogP contribution in [-0.2, 0) is 14.4 Å². The van der Waals surface area contributed by atoms with Gasteiger partial charge in [0.05, 0.1) is 11.3 Å². The number of carbonyl (C=O) groups is 3. The zero-order valence-corrected chi connectivity index (χ0v) is 15.5. The molecule has 2 aliphatic rings. The van der Waals surface area contributed by atoms with Crippen LogP contribution in [0.1, 0.15) is 22.7 Å². The smallest absolute Gasteiger partial charge is 0.244 e. The number of nitrogens with zero attached hydrogens (tertiary/aromatic N) is 1. The number of aliphatic carboxylic acids is 1. The molecule has 0 aliphatic carbocycles. The Morgan fingerprint density at radius 3 is 2.25 bits per heavy atom. The average molecular weight is 380 g/mol. The number of carboxylic acid groups (broad SMARTS) is 1. The fourth-order valence-corrected chi connectivity index (χ4v) is 4.56. The molecule has 2 heterocycles. The minimum absolute atomic E-state index is 0.0356. The van der Waals surface area contributed by atoms with E-state index in [1.165, 1.54) is 11.4 Å². The maximum absolute atomic E-state index is 13.3. The van der Waals surface area contributed by atoms with Crippen molar-refractivity contribution in [2.45, 2.75) is 25.9 Å². The molecule has 0 unspecified atom stereocenters. The molecule has 7 heteroatoms. The first-order valence-electron chi connectivity index (χ1n) is 9.09. The van der Waals surface area contributed by atoms with Gasteiger partial charge in [-0.25, -0.2) is 4.90 Å². The summed E-state index contributed by atoms with van der Waals surface area (Å²) in [6.45, 7) is 3.73. The molecule has 0 spiro atoms. The SMILES string of the molecule is Cc1cc(C)cc(N2C(=O)[C@@H]3[C@@H](C2=O)[C@H](c2ccccc2O)[NH2+][C@@H]3C(=O)[O-])c1. The summed E-state index contributed by atoms with van der Waals surface area (Å²) in [6.07, 6.45) is 0. The molecule has 2 aromatic rings. The van der Waals surface area contributed by atoms with Gasteiger partial charge in [0.15, 0.2) is 0 Å². The van der Waals surface area contributed by atoms with Gasteiger partial charge in [0.25, 0.3) is 0 Å². The number of hydrogen-bond donors (Lipinski definition) is 2. The van der Waals surface area contributed by atoms with Crippen LogP contribution in [0, 0.1) is 25.7 Å². The minimum Gasteiger partial charge on any atom is -0.544 e. The minimum atomic E-state index is -1.39. The summed E-state index contributed by atoms with van der Waals surface area (Å²) >= 11 is 0. The van der Waals surface area contributed by atoms with Crippen molar-refractivity contribution in [3.05, 3.63) is 59.2 Å². The van der Waals surface area contributed by atoms with Crippen LogP contribution in [0.5, 0.6) is 5.75 Å². The zero-order valence-electron chi connectivity index (χ0n) is 15.5. The number of carboxylic acids is 1. The van der Waals surface area contributed by atoms with Crippen LogP contribution in [-0.4, -0.2) is 28.9 Å². The second-order valence-electron chi connectivity index (χ2n) is 7.53. The number of anilines is 1. The fourth-order valence-electron chi connectivity index (χ4n) is 4.56. The van der Waals surface area contributed by atoms with Gasteiger partial charge in [0, 0.05) is 0 Å². The highest BCUT2D eigenvalue weighted by molar-refractivity contribution is 6.23. The molecule has 2 aliphatic heterocycles. The molecular formula is C21H20N2O5. The first-order valence-corrected chi connectivity index (χ1v) is 9.09. The van der Waals surface area contributed by atoms with E-state index in [9.17, 15) is 24.6 Å². The molecular weight excluding hydrogens is 360 g/mol. The first kappa shape index (κ1) is 18.2. The molecule has 7 nitrogen and oxygen atoms in total. The molecule has 2 aromatic carbocycles. The molecule has 144 valence electrons. The summed E-state index contributed by atoms with van der Waals surface area (Å²) < 4.78 is 0. The molecule has 0 bridgehead atoms. The van der Waals surface area contributed by atoms with Crippen molar-refractivity contribution in [3.63, 3.8) is 0 Å². The van der Waals surface area contributed by atoms with E-state index in [1.807, 2.05) is 19.9 Å². The number of hydrogen-bond acceptors (Lipinski definition) is 5. The van der Waals surface area contributed by atoms with Gasteiger partial charge in [-0.15, -0.1) is 0 Å². The lowest BCUT2D eigenvalue weighted by molar-refractivity contribution is -0.705. The lowest BCUT2D eigenvalue weighted by atomic mass is 9.86. The number of phenols is 1. The maximum atomic E-state index is 13.3. The Labute approximate surface area is 161 Å². The Kier molecular flexibility index (Phi) is 4.19. The molecule has 4 atom stereocenters. The van der Waals surface area contributed by atoms with Gasteiger partial charge in [-0.3, -0.25) is 9.59 Å². The number of rotatable bonds is 3. The van der Waals surface area contributed by atoms with E-state index in [1.54, 1.807) is 30.3 Å². The number of aryl methyl sites for hydroxylation is 2.